The number of hydrogen-bond acceptors (Lipinski definition) is 3. The first-order chi connectivity index (χ1) is 5.29. The summed E-state index contributed by atoms with van der Waals surface area (Å²) in [7, 11) is 0. The number of rotatable bonds is 0. The molecule has 1 aliphatic heterocycles. The number of nitrogens with zero attached hydrogens (tertiary/aromatic N) is 1. The normalized spacial score (nSPS) is 15.2. The minimum Gasteiger partial charge on any atom is -0.758 e. The van der Waals surface area contributed by atoms with Gasteiger partial charge in [-0.1, -0.05) is 6.07 Å². The zero-order valence-electron chi connectivity index (χ0n) is 6.08. The molecule has 0 fully saturated rings. The van der Waals surface area contributed by atoms with E-state index in [0.717, 1.165) is 28.4 Å². The molecule has 1 aromatic carbocycles. The first kappa shape index (κ1) is 6.49. The Morgan fingerprint density at radius 2 is 2.27 bits per heavy atom. The van der Waals surface area contributed by atoms with Crippen molar-refractivity contribution < 1.29 is 0 Å². The largest absolute Gasteiger partial charge is 0.758 e. The molecule has 0 saturated heterocycles. The van der Waals surface area contributed by atoms with E-state index in [1.54, 1.807) is 0 Å². The second-order valence-electron chi connectivity index (χ2n) is 2.70. The molecule has 1 aliphatic rings. The van der Waals surface area contributed by atoms with Crippen LogP contribution in [0.2, 0.25) is 0 Å². The van der Waals surface area contributed by atoms with Crippen LogP contribution < -0.4 is 10.8 Å². The molecule has 0 saturated carbocycles. The highest BCUT2D eigenvalue weighted by molar-refractivity contribution is 5.68. The van der Waals surface area contributed by atoms with Gasteiger partial charge in [-0.3, -0.25) is 0 Å². The molecule has 58 valence electrons. The van der Waals surface area contributed by atoms with Crippen molar-refractivity contribution in [2.75, 3.05) is 17.3 Å². The number of hydroxylamine groups is 1. The average Bonchev–Trinajstić information content (AvgIpc) is 2.35. The van der Waals surface area contributed by atoms with Crippen molar-refractivity contribution in [1.29, 1.82) is 0 Å². The van der Waals surface area contributed by atoms with E-state index in [4.69, 9.17) is 5.73 Å². The Balaban J connectivity index is 2.57. The van der Waals surface area contributed by atoms with Gasteiger partial charge in [0.2, 0.25) is 0 Å². The zero-order valence-corrected chi connectivity index (χ0v) is 6.08. The first-order valence-corrected chi connectivity index (χ1v) is 3.61. The maximum absolute atomic E-state index is 11.1. The molecule has 1 aromatic rings. The van der Waals surface area contributed by atoms with Gasteiger partial charge in [-0.25, -0.2) is 0 Å². The van der Waals surface area contributed by atoms with Gasteiger partial charge in [0.1, 0.15) is 0 Å². The van der Waals surface area contributed by atoms with Gasteiger partial charge in [-0.05, 0) is 24.1 Å². The second-order valence-corrected chi connectivity index (χ2v) is 2.70. The molecule has 3 nitrogen and oxygen atoms in total. The summed E-state index contributed by atoms with van der Waals surface area (Å²) in [4.78, 5) is 0. The smallest absolute Gasteiger partial charge is 0.0367 e. The van der Waals surface area contributed by atoms with Crippen molar-refractivity contribution in [1.82, 2.24) is 0 Å². The standard InChI is InChI=1S/C8H9N2O/c9-7-2-1-3-8-6(7)4-5-10(8)11/h1-3H,4-5,9H2/q-1. The number of nitrogen functional groups attached to an aromatic ring is 1. The van der Waals surface area contributed by atoms with Crippen molar-refractivity contribution >= 4 is 11.4 Å². The highest BCUT2D eigenvalue weighted by Crippen LogP contribution is 2.30. The molecule has 0 spiro atoms. The van der Waals surface area contributed by atoms with Crippen LogP contribution in [-0.4, -0.2) is 6.54 Å². The average molecular weight is 149 g/mol. The zero-order chi connectivity index (χ0) is 7.84. The number of benzene rings is 1. The van der Waals surface area contributed by atoms with Crippen molar-refractivity contribution in [2.45, 2.75) is 6.42 Å². The van der Waals surface area contributed by atoms with Crippen LogP contribution in [0.5, 0.6) is 0 Å². The highest BCUT2D eigenvalue weighted by atomic mass is 16.5. The lowest BCUT2D eigenvalue weighted by Gasteiger charge is -2.24. The van der Waals surface area contributed by atoms with E-state index in [1.165, 1.54) is 0 Å². The van der Waals surface area contributed by atoms with Gasteiger partial charge < -0.3 is 16.0 Å². The van der Waals surface area contributed by atoms with Gasteiger partial charge in [-0.2, -0.15) is 0 Å². The molecule has 11 heavy (non-hydrogen) atoms. The minimum atomic E-state index is 0.545. The molecule has 0 atom stereocenters. The summed E-state index contributed by atoms with van der Waals surface area (Å²) in [6.07, 6.45) is 0.783. The predicted octanol–water partition coefficient (Wildman–Crippen LogP) is 1.13. The Hall–Kier alpha value is -1.22. The maximum atomic E-state index is 11.1. The number of anilines is 2. The highest BCUT2D eigenvalue weighted by Gasteiger charge is 2.13. The third-order valence-electron chi connectivity index (χ3n) is 2.02. The molecule has 0 bridgehead atoms. The van der Waals surface area contributed by atoms with Gasteiger partial charge >= 0.3 is 0 Å². The SMILES string of the molecule is Nc1cccc2c1CCN2[O-]. The van der Waals surface area contributed by atoms with Crippen LogP contribution in [0.3, 0.4) is 0 Å². The fraction of sp³-hybridized carbons (Fsp3) is 0.250. The van der Waals surface area contributed by atoms with E-state index in [1.807, 2.05) is 18.2 Å². The summed E-state index contributed by atoms with van der Waals surface area (Å²) in [5, 5.41) is 12.1. The summed E-state index contributed by atoms with van der Waals surface area (Å²) in [6.45, 7) is 0.545. The summed E-state index contributed by atoms with van der Waals surface area (Å²) in [5.41, 5.74) is 8.15. The number of hydrogen-bond donors (Lipinski definition) is 1. The van der Waals surface area contributed by atoms with E-state index in [9.17, 15) is 5.21 Å². The Morgan fingerprint density at radius 3 is 3.00 bits per heavy atom. The molecular weight excluding hydrogens is 140 g/mol. The molecule has 2 rings (SSSR count). The number of fused-ring (bicyclic) bond motifs is 1. The Bertz CT molecular complexity index is 285. The fourth-order valence-electron chi connectivity index (χ4n) is 1.43. The molecular formula is C8H9N2O-. The molecule has 0 unspecified atom stereocenters. The molecule has 3 heteroatoms. The third-order valence-corrected chi connectivity index (χ3v) is 2.02. The lowest BCUT2D eigenvalue weighted by atomic mass is 10.1. The van der Waals surface area contributed by atoms with E-state index >= 15 is 0 Å². The van der Waals surface area contributed by atoms with Gasteiger partial charge in [0, 0.05) is 17.9 Å². The van der Waals surface area contributed by atoms with Crippen LogP contribution in [0, 0.1) is 5.21 Å². The van der Waals surface area contributed by atoms with Gasteiger partial charge in [-0.15, -0.1) is 0 Å². The third kappa shape index (κ3) is 0.851. The van der Waals surface area contributed by atoms with E-state index < -0.39 is 0 Å². The molecule has 0 radical (unpaired) electrons. The fourth-order valence-corrected chi connectivity index (χ4v) is 1.43. The molecule has 0 aliphatic carbocycles. The van der Waals surface area contributed by atoms with E-state index in [2.05, 4.69) is 0 Å². The predicted molar refractivity (Wildman–Crippen MR) is 45.3 cm³/mol. The molecule has 0 amide bonds. The Morgan fingerprint density at radius 1 is 1.45 bits per heavy atom. The lowest BCUT2D eigenvalue weighted by Crippen LogP contribution is -2.09. The van der Waals surface area contributed by atoms with Gasteiger partial charge in [0.05, 0.1) is 0 Å². The van der Waals surface area contributed by atoms with Crippen LogP contribution in [0.15, 0.2) is 18.2 Å². The maximum Gasteiger partial charge on any atom is 0.0367 e. The quantitative estimate of drug-likeness (QED) is 0.562. The first-order valence-electron chi connectivity index (χ1n) is 3.61. The number of nitrogens with two attached hydrogens (primary N) is 1. The van der Waals surface area contributed by atoms with Gasteiger partial charge in [0.15, 0.2) is 0 Å². The Kier molecular flexibility index (Phi) is 1.26. The summed E-state index contributed by atoms with van der Waals surface area (Å²) in [5.74, 6) is 0. The summed E-state index contributed by atoms with van der Waals surface area (Å²) < 4.78 is 0. The van der Waals surface area contributed by atoms with Crippen LogP contribution in [0.1, 0.15) is 5.56 Å². The lowest BCUT2D eigenvalue weighted by molar-refractivity contribution is 0.998. The van der Waals surface area contributed by atoms with Crippen molar-refractivity contribution in [3.8, 4) is 0 Å². The molecule has 2 N–H and O–H groups in total. The van der Waals surface area contributed by atoms with E-state index in [-0.39, 0.29) is 0 Å². The van der Waals surface area contributed by atoms with Crippen LogP contribution in [0.25, 0.3) is 0 Å². The second kappa shape index (κ2) is 2.13. The topological polar surface area (TPSA) is 52.3 Å². The molecule has 0 aromatic heterocycles. The van der Waals surface area contributed by atoms with Crippen molar-refractivity contribution in [2.24, 2.45) is 0 Å². The van der Waals surface area contributed by atoms with Gasteiger partial charge in [0.25, 0.3) is 0 Å². The minimum absolute atomic E-state index is 0.545. The van der Waals surface area contributed by atoms with Crippen molar-refractivity contribution in [3.05, 3.63) is 29.0 Å². The Labute approximate surface area is 65.0 Å². The van der Waals surface area contributed by atoms with Crippen LogP contribution in [-0.2, 0) is 6.42 Å². The van der Waals surface area contributed by atoms with E-state index in [0.29, 0.717) is 6.54 Å². The monoisotopic (exact) mass is 149 g/mol. The van der Waals surface area contributed by atoms with Crippen molar-refractivity contribution in [3.63, 3.8) is 0 Å². The summed E-state index contributed by atoms with van der Waals surface area (Å²) >= 11 is 0. The van der Waals surface area contributed by atoms with Crippen LogP contribution in [0.4, 0.5) is 11.4 Å². The van der Waals surface area contributed by atoms with Crippen LogP contribution >= 0.6 is 0 Å². The summed E-state index contributed by atoms with van der Waals surface area (Å²) in [6, 6.07) is 5.45. The molecule has 1 heterocycles.